The molecule has 0 aliphatic heterocycles. The number of nitrogens with two attached hydrogens (primary N) is 1. The number of imidazole rings is 1. The second-order valence-corrected chi connectivity index (χ2v) is 5.64. The molecule has 0 saturated carbocycles. The number of fused-ring (bicyclic) bond motifs is 1. The Bertz CT molecular complexity index is 1000. The number of aryl methyl sites for hydroxylation is 1. The zero-order valence-corrected chi connectivity index (χ0v) is 13.8. The van der Waals surface area contributed by atoms with E-state index in [1.165, 1.54) is 6.33 Å². The number of aromatic nitrogens is 6. The normalized spacial score (nSPS) is 11.1. The summed E-state index contributed by atoms with van der Waals surface area (Å²) in [5.74, 6) is 2.14. The van der Waals surface area contributed by atoms with E-state index in [4.69, 9.17) is 5.73 Å². The minimum absolute atomic E-state index is 0.471. The van der Waals surface area contributed by atoms with Crippen molar-refractivity contribution in [2.24, 2.45) is 0 Å². The molecule has 0 fully saturated rings. The highest BCUT2D eigenvalue weighted by Gasteiger charge is 2.10. The molecule has 8 nitrogen and oxygen atoms in total. The van der Waals surface area contributed by atoms with E-state index in [1.54, 1.807) is 17.1 Å². The van der Waals surface area contributed by atoms with Crippen LogP contribution in [0.25, 0.3) is 16.9 Å². The van der Waals surface area contributed by atoms with E-state index in [1.807, 2.05) is 31.2 Å². The minimum atomic E-state index is 0.471. The number of hydrogen-bond donors (Lipinski definition) is 2. The summed E-state index contributed by atoms with van der Waals surface area (Å²) in [4.78, 5) is 13.0. The lowest BCUT2D eigenvalue weighted by atomic mass is 10.3. The zero-order chi connectivity index (χ0) is 17.2. The summed E-state index contributed by atoms with van der Waals surface area (Å²) in [7, 11) is 0. The Morgan fingerprint density at radius 3 is 2.88 bits per heavy atom. The highest BCUT2D eigenvalue weighted by atomic mass is 15.3. The van der Waals surface area contributed by atoms with E-state index < -0.39 is 0 Å². The number of para-hydroxylation sites is 2. The maximum atomic E-state index is 6.19. The Kier molecular flexibility index (Phi) is 3.77. The second-order valence-electron chi connectivity index (χ2n) is 5.64. The van der Waals surface area contributed by atoms with Gasteiger partial charge < -0.3 is 15.6 Å². The Morgan fingerprint density at radius 2 is 2.04 bits per heavy atom. The number of nitrogens with one attached hydrogen (secondary N) is 1. The van der Waals surface area contributed by atoms with Crippen LogP contribution >= 0.6 is 0 Å². The Labute approximate surface area is 144 Å². The van der Waals surface area contributed by atoms with E-state index in [-0.39, 0.29) is 0 Å². The van der Waals surface area contributed by atoms with Gasteiger partial charge in [-0.05, 0) is 25.1 Å². The van der Waals surface area contributed by atoms with Crippen molar-refractivity contribution in [3.63, 3.8) is 0 Å². The average molecular weight is 334 g/mol. The lowest BCUT2D eigenvalue weighted by Crippen LogP contribution is -2.15. The molecule has 126 valence electrons. The molecule has 0 atom stereocenters. The third kappa shape index (κ3) is 2.78. The van der Waals surface area contributed by atoms with Crippen molar-refractivity contribution in [3.05, 3.63) is 54.9 Å². The average Bonchev–Trinajstić information content (AvgIpc) is 3.25. The van der Waals surface area contributed by atoms with E-state index >= 15 is 0 Å². The number of rotatable bonds is 5. The summed E-state index contributed by atoms with van der Waals surface area (Å²) in [6, 6.07) is 9.93. The van der Waals surface area contributed by atoms with Crippen LogP contribution in [0.2, 0.25) is 0 Å². The van der Waals surface area contributed by atoms with Crippen LogP contribution in [0.1, 0.15) is 5.82 Å². The molecule has 0 bridgehead atoms. The van der Waals surface area contributed by atoms with Crippen LogP contribution in [0.4, 0.5) is 11.5 Å². The summed E-state index contributed by atoms with van der Waals surface area (Å²) >= 11 is 0. The molecule has 1 aromatic carbocycles. The molecule has 4 aromatic rings. The second kappa shape index (κ2) is 6.23. The molecule has 3 aromatic heterocycles. The van der Waals surface area contributed by atoms with E-state index in [0.717, 1.165) is 23.4 Å². The molecule has 0 aliphatic rings. The molecule has 0 saturated heterocycles. The summed E-state index contributed by atoms with van der Waals surface area (Å²) in [6.45, 7) is 3.43. The first-order chi connectivity index (χ1) is 12.2. The first-order valence-electron chi connectivity index (χ1n) is 8.00. The van der Waals surface area contributed by atoms with Gasteiger partial charge in [-0.2, -0.15) is 5.10 Å². The first-order valence-corrected chi connectivity index (χ1v) is 8.00. The van der Waals surface area contributed by atoms with E-state index in [2.05, 4.69) is 36.0 Å². The van der Waals surface area contributed by atoms with Crippen molar-refractivity contribution in [1.29, 1.82) is 0 Å². The summed E-state index contributed by atoms with van der Waals surface area (Å²) in [5, 5.41) is 7.44. The van der Waals surface area contributed by atoms with Gasteiger partial charge in [0.15, 0.2) is 11.6 Å². The van der Waals surface area contributed by atoms with Gasteiger partial charge in [0, 0.05) is 25.5 Å². The van der Waals surface area contributed by atoms with Crippen LogP contribution in [-0.4, -0.2) is 35.8 Å². The SMILES string of the molecule is Cc1nc2ccccc2n1CCNc1ncnc(-n2cccn2)c1N. The molecular weight excluding hydrogens is 316 g/mol. The van der Waals surface area contributed by atoms with Gasteiger partial charge in [0.2, 0.25) is 0 Å². The Morgan fingerprint density at radius 1 is 1.16 bits per heavy atom. The molecule has 0 aliphatic carbocycles. The minimum Gasteiger partial charge on any atom is -0.393 e. The molecule has 3 heterocycles. The van der Waals surface area contributed by atoms with Gasteiger partial charge in [-0.25, -0.2) is 19.6 Å². The van der Waals surface area contributed by atoms with Crippen LogP contribution < -0.4 is 11.1 Å². The molecule has 0 unspecified atom stereocenters. The molecule has 8 heteroatoms. The Hall–Kier alpha value is -3.42. The molecule has 0 spiro atoms. The molecular formula is C17H18N8. The van der Waals surface area contributed by atoms with Crippen molar-refractivity contribution < 1.29 is 0 Å². The van der Waals surface area contributed by atoms with Gasteiger partial charge in [-0.15, -0.1) is 0 Å². The Balaban J connectivity index is 1.52. The van der Waals surface area contributed by atoms with Crippen LogP contribution in [0, 0.1) is 6.92 Å². The fraction of sp³-hybridized carbons (Fsp3) is 0.176. The summed E-state index contributed by atoms with van der Waals surface area (Å²) in [6.07, 6.45) is 4.96. The zero-order valence-electron chi connectivity index (χ0n) is 13.8. The quantitative estimate of drug-likeness (QED) is 0.579. The number of nitrogen functional groups attached to an aromatic ring is 1. The molecule has 4 rings (SSSR count). The molecule has 0 amide bonds. The van der Waals surface area contributed by atoms with Gasteiger partial charge in [0.1, 0.15) is 17.8 Å². The summed E-state index contributed by atoms with van der Waals surface area (Å²) < 4.78 is 3.80. The largest absolute Gasteiger partial charge is 0.393 e. The van der Waals surface area contributed by atoms with E-state index in [9.17, 15) is 0 Å². The van der Waals surface area contributed by atoms with Gasteiger partial charge in [-0.3, -0.25) is 0 Å². The highest BCUT2D eigenvalue weighted by Crippen LogP contribution is 2.21. The maximum absolute atomic E-state index is 6.19. The van der Waals surface area contributed by atoms with Crippen LogP contribution in [0.3, 0.4) is 0 Å². The van der Waals surface area contributed by atoms with Crippen LogP contribution in [-0.2, 0) is 6.54 Å². The lowest BCUT2D eigenvalue weighted by Gasteiger charge is -2.12. The predicted octanol–water partition coefficient (Wildman–Crippen LogP) is 2.01. The maximum Gasteiger partial charge on any atom is 0.181 e. The van der Waals surface area contributed by atoms with Crippen LogP contribution in [0.5, 0.6) is 0 Å². The van der Waals surface area contributed by atoms with Crippen molar-refractivity contribution in [2.75, 3.05) is 17.6 Å². The fourth-order valence-electron chi connectivity index (χ4n) is 2.87. The topological polar surface area (TPSA) is 99.5 Å². The number of hydrogen-bond acceptors (Lipinski definition) is 6. The van der Waals surface area contributed by atoms with Gasteiger partial charge in [0.25, 0.3) is 0 Å². The van der Waals surface area contributed by atoms with Crippen molar-refractivity contribution in [1.82, 2.24) is 29.3 Å². The van der Waals surface area contributed by atoms with Crippen molar-refractivity contribution in [2.45, 2.75) is 13.5 Å². The number of anilines is 2. The molecule has 0 radical (unpaired) electrons. The van der Waals surface area contributed by atoms with Gasteiger partial charge >= 0.3 is 0 Å². The fourth-order valence-corrected chi connectivity index (χ4v) is 2.87. The van der Waals surface area contributed by atoms with Crippen molar-refractivity contribution >= 4 is 22.5 Å². The third-order valence-electron chi connectivity index (χ3n) is 4.06. The first kappa shape index (κ1) is 15.1. The van der Waals surface area contributed by atoms with Gasteiger partial charge in [-0.1, -0.05) is 12.1 Å². The molecule has 3 N–H and O–H groups in total. The predicted molar refractivity (Wildman–Crippen MR) is 96.5 cm³/mol. The number of nitrogens with zero attached hydrogens (tertiary/aromatic N) is 6. The highest BCUT2D eigenvalue weighted by molar-refractivity contribution is 5.75. The van der Waals surface area contributed by atoms with Crippen molar-refractivity contribution in [3.8, 4) is 5.82 Å². The summed E-state index contributed by atoms with van der Waals surface area (Å²) in [5.41, 5.74) is 8.78. The van der Waals surface area contributed by atoms with E-state index in [0.29, 0.717) is 23.9 Å². The molecule has 25 heavy (non-hydrogen) atoms. The van der Waals surface area contributed by atoms with Gasteiger partial charge in [0.05, 0.1) is 11.0 Å². The lowest BCUT2D eigenvalue weighted by molar-refractivity contribution is 0.720. The standard InChI is InChI=1S/C17H18N8/c1-12-23-13-5-2-3-6-14(13)24(12)10-8-19-16-15(18)17(21-11-20-16)25-9-4-7-22-25/h2-7,9,11H,8,10,18H2,1H3,(H,19,20,21). The monoisotopic (exact) mass is 334 g/mol. The smallest absolute Gasteiger partial charge is 0.181 e. The third-order valence-corrected chi connectivity index (χ3v) is 4.06. The number of benzene rings is 1. The van der Waals surface area contributed by atoms with Crippen LogP contribution in [0.15, 0.2) is 49.1 Å².